The van der Waals surface area contributed by atoms with Gasteiger partial charge in [0.2, 0.25) is 5.95 Å². The molecule has 4 heterocycles. The van der Waals surface area contributed by atoms with Crippen molar-refractivity contribution in [3.63, 3.8) is 0 Å². The zero-order valence-electron chi connectivity index (χ0n) is 15.8. The average molecular weight is 380 g/mol. The lowest BCUT2D eigenvalue weighted by molar-refractivity contribution is 0.203. The zero-order valence-corrected chi connectivity index (χ0v) is 15.8. The van der Waals surface area contributed by atoms with E-state index in [9.17, 15) is 4.39 Å². The molecule has 8 nitrogen and oxygen atoms in total. The number of aryl methyl sites for hydroxylation is 2. The van der Waals surface area contributed by atoms with E-state index in [1.54, 1.807) is 10.7 Å². The van der Waals surface area contributed by atoms with Crippen LogP contribution >= 0.6 is 0 Å². The second-order valence-electron chi connectivity index (χ2n) is 7.42. The third-order valence-electron chi connectivity index (χ3n) is 5.47. The Kier molecular flexibility index (Phi) is 3.96. The van der Waals surface area contributed by atoms with E-state index in [0.717, 1.165) is 46.5 Å². The van der Waals surface area contributed by atoms with Gasteiger partial charge in [-0.1, -0.05) is 0 Å². The summed E-state index contributed by atoms with van der Waals surface area (Å²) in [6.07, 6.45) is 7.23. The predicted molar refractivity (Wildman–Crippen MR) is 103 cm³/mol. The molecule has 0 aromatic carbocycles. The second kappa shape index (κ2) is 6.50. The van der Waals surface area contributed by atoms with Gasteiger partial charge in [-0.3, -0.25) is 0 Å². The molecule has 1 aliphatic carbocycles. The molecule has 9 heteroatoms. The first kappa shape index (κ1) is 17.0. The summed E-state index contributed by atoms with van der Waals surface area (Å²) < 4.78 is 17.2. The van der Waals surface area contributed by atoms with Crippen LogP contribution < -0.4 is 5.32 Å². The maximum Gasteiger partial charge on any atom is 0.229 e. The summed E-state index contributed by atoms with van der Waals surface area (Å²) in [6, 6.07) is 2.14. The highest BCUT2D eigenvalue weighted by molar-refractivity contribution is 5.79. The molecule has 0 saturated heterocycles. The number of alkyl halides is 1. The number of anilines is 2. The molecule has 0 bridgehead atoms. The van der Waals surface area contributed by atoms with Crippen LogP contribution in [0.15, 0.2) is 24.8 Å². The van der Waals surface area contributed by atoms with Crippen molar-refractivity contribution in [2.24, 2.45) is 0 Å². The van der Waals surface area contributed by atoms with Crippen molar-refractivity contribution in [1.82, 2.24) is 34.3 Å². The Hall–Kier alpha value is -3.10. The Morgan fingerprint density at radius 1 is 1.14 bits per heavy atom. The number of pyridine rings is 1. The number of rotatable bonds is 3. The first-order valence-electron chi connectivity index (χ1n) is 9.51. The van der Waals surface area contributed by atoms with E-state index < -0.39 is 6.17 Å². The fourth-order valence-electron chi connectivity index (χ4n) is 3.87. The van der Waals surface area contributed by atoms with E-state index in [0.29, 0.717) is 18.8 Å². The van der Waals surface area contributed by atoms with Gasteiger partial charge in [0.25, 0.3) is 0 Å². The Morgan fingerprint density at radius 2 is 1.96 bits per heavy atom. The van der Waals surface area contributed by atoms with E-state index in [1.807, 2.05) is 30.8 Å². The molecule has 0 radical (unpaired) electrons. The topological polar surface area (TPSA) is 85.8 Å². The van der Waals surface area contributed by atoms with Gasteiger partial charge in [0, 0.05) is 6.20 Å². The lowest BCUT2D eigenvalue weighted by atomic mass is 9.94. The maximum absolute atomic E-state index is 13.5. The van der Waals surface area contributed by atoms with E-state index in [2.05, 4.69) is 25.5 Å². The van der Waals surface area contributed by atoms with Gasteiger partial charge in [0.1, 0.15) is 12.5 Å². The van der Waals surface area contributed by atoms with Crippen LogP contribution in [0.2, 0.25) is 0 Å². The van der Waals surface area contributed by atoms with Gasteiger partial charge < -0.3 is 5.32 Å². The van der Waals surface area contributed by atoms with Gasteiger partial charge in [0.05, 0.1) is 29.0 Å². The van der Waals surface area contributed by atoms with Crippen molar-refractivity contribution in [1.29, 1.82) is 0 Å². The summed E-state index contributed by atoms with van der Waals surface area (Å²) in [5.41, 5.74) is 4.35. The van der Waals surface area contributed by atoms with Crippen LogP contribution in [0.3, 0.4) is 0 Å². The van der Waals surface area contributed by atoms with Crippen LogP contribution in [0, 0.1) is 13.8 Å². The Balaban J connectivity index is 1.51. The van der Waals surface area contributed by atoms with E-state index in [-0.39, 0.29) is 6.04 Å². The van der Waals surface area contributed by atoms with Gasteiger partial charge >= 0.3 is 0 Å². The summed E-state index contributed by atoms with van der Waals surface area (Å²) in [6.45, 7) is 3.96. The molecule has 5 rings (SSSR count). The van der Waals surface area contributed by atoms with Crippen molar-refractivity contribution in [2.45, 2.75) is 51.7 Å². The van der Waals surface area contributed by atoms with Gasteiger partial charge in [0.15, 0.2) is 11.3 Å². The Labute approximate surface area is 160 Å². The largest absolute Gasteiger partial charge is 0.323 e. The van der Waals surface area contributed by atoms with E-state index in [4.69, 9.17) is 4.98 Å². The number of hydrogen-bond acceptors (Lipinski definition) is 6. The summed E-state index contributed by atoms with van der Waals surface area (Å²) >= 11 is 0. The Bertz CT molecular complexity index is 1160. The fourth-order valence-corrected chi connectivity index (χ4v) is 3.87. The third kappa shape index (κ3) is 2.87. The van der Waals surface area contributed by atoms with Crippen molar-refractivity contribution < 1.29 is 4.39 Å². The molecule has 0 unspecified atom stereocenters. The molecule has 144 valence electrons. The fraction of sp³-hybridized carbons (Fsp3) is 0.421. The van der Waals surface area contributed by atoms with Gasteiger partial charge in [-0.25, -0.2) is 23.6 Å². The molecule has 0 aliphatic heterocycles. The minimum Gasteiger partial charge on any atom is -0.323 e. The van der Waals surface area contributed by atoms with Crippen LogP contribution in [0.25, 0.3) is 16.7 Å². The molecule has 1 saturated carbocycles. The standard InChI is InChI=1S/C19H21FN8/c1-11-7-17-22-10-23-27(17)9-16(11)24-19-21-8-15-12(2)26-28(18(15)25-19)14-5-3-13(20)4-6-14/h7-10,13-14H,3-6H2,1-2H3,(H,21,24,25). The van der Waals surface area contributed by atoms with E-state index in [1.165, 1.54) is 6.33 Å². The lowest BCUT2D eigenvalue weighted by Crippen LogP contribution is -2.20. The van der Waals surface area contributed by atoms with Gasteiger partial charge in [-0.05, 0) is 51.2 Å². The zero-order chi connectivity index (χ0) is 19.3. The predicted octanol–water partition coefficient (Wildman–Crippen LogP) is 3.68. The molecule has 1 aliphatic rings. The van der Waals surface area contributed by atoms with Crippen molar-refractivity contribution in [3.8, 4) is 0 Å². The van der Waals surface area contributed by atoms with Crippen molar-refractivity contribution >= 4 is 28.3 Å². The number of nitrogens with zero attached hydrogens (tertiary/aromatic N) is 7. The molecule has 28 heavy (non-hydrogen) atoms. The molecule has 0 amide bonds. The van der Waals surface area contributed by atoms with Crippen LogP contribution in [-0.2, 0) is 0 Å². The summed E-state index contributed by atoms with van der Waals surface area (Å²) in [7, 11) is 0. The smallest absolute Gasteiger partial charge is 0.229 e. The van der Waals surface area contributed by atoms with Gasteiger partial charge in [-0.15, -0.1) is 0 Å². The minimum atomic E-state index is -0.694. The highest BCUT2D eigenvalue weighted by Crippen LogP contribution is 2.32. The second-order valence-corrected chi connectivity index (χ2v) is 7.42. The third-order valence-corrected chi connectivity index (χ3v) is 5.47. The Morgan fingerprint density at radius 3 is 2.79 bits per heavy atom. The van der Waals surface area contributed by atoms with Crippen LogP contribution in [0.1, 0.15) is 43.0 Å². The first-order valence-corrected chi connectivity index (χ1v) is 9.51. The van der Waals surface area contributed by atoms with E-state index >= 15 is 0 Å². The molecule has 4 aromatic heterocycles. The van der Waals surface area contributed by atoms with Crippen molar-refractivity contribution in [3.05, 3.63) is 36.0 Å². The average Bonchev–Trinajstić information content (AvgIpc) is 3.27. The monoisotopic (exact) mass is 380 g/mol. The quantitative estimate of drug-likeness (QED) is 0.583. The van der Waals surface area contributed by atoms with Crippen molar-refractivity contribution in [2.75, 3.05) is 5.32 Å². The lowest BCUT2D eigenvalue weighted by Gasteiger charge is -2.24. The molecular formula is C19H21FN8. The maximum atomic E-state index is 13.5. The minimum absolute atomic E-state index is 0.180. The molecule has 1 N–H and O–H groups in total. The van der Waals surface area contributed by atoms with Crippen LogP contribution in [0.4, 0.5) is 16.0 Å². The number of fused-ring (bicyclic) bond motifs is 2. The number of hydrogen-bond donors (Lipinski definition) is 1. The molecule has 4 aromatic rings. The summed E-state index contributed by atoms with van der Waals surface area (Å²) in [5.74, 6) is 0.496. The summed E-state index contributed by atoms with van der Waals surface area (Å²) in [5, 5.41) is 13.1. The van der Waals surface area contributed by atoms with Crippen LogP contribution in [-0.4, -0.2) is 40.5 Å². The van der Waals surface area contributed by atoms with Gasteiger partial charge in [-0.2, -0.15) is 15.2 Å². The molecular weight excluding hydrogens is 359 g/mol. The highest BCUT2D eigenvalue weighted by Gasteiger charge is 2.25. The number of halogens is 1. The highest BCUT2D eigenvalue weighted by atomic mass is 19.1. The normalized spacial score (nSPS) is 20.1. The van der Waals surface area contributed by atoms with Crippen LogP contribution in [0.5, 0.6) is 0 Å². The number of aromatic nitrogens is 7. The first-order chi connectivity index (χ1) is 13.6. The number of nitrogens with one attached hydrogen (secondary N) is 1. The summed E-state index contributed by atoms with van der Waals surface area (Å²) in [4.78, 5) is 13.4. The molecule has 1 fully saturated rings. The molecule has 0 spiro atoms. The SMILES string of the molecule is Cc1cc2ncnn2cc1Nc1ncc2c(C)nn(C3CCC(F)CC3)c2n1. The molecule has 0 atom stereocenters.